The van der Waals surface area contributed by atoms with Gasteiger partial charge in [-0.3, -0.25) is 4.79 Å². The molecule has 18 heavy (non-hydrogen) atoms. The van der Waals surface area contributed by atoms with Crippen LogP contribution in [0.25, 0.3) is 0 Å². The van der Waals surface area contributed by atoms with Crippen LogP contribution in [0.1, 0.15) is 22.7 Å². The predicted octanol–water partition coefficient (Wildman–Crippen LogP) is 1.64. The number of H-pyrrole nitrogens is 1. The first-order chi connectivity index (χ1) is 8.66. The van der Waals surface area contributed by atoms with Crippen LogP contribution in [0.15, 0.2) is 42.7 Å². The van der Waals surface area contributed by atoms with Crippen LogP contribution in [0.2, 0.25) is 0 Å². The third-order valence-corrected chi connectivity index (χ3v) is 2.85. The average Bonchev–Trinajstić information content (AvgIpc) is 2.89. The predicted molar refractivity (Wildman–Crippen MR) is 70.7 cm³/mol. The molecule has 0 radical (unpaired) electrons. The van der Waals surface area contributed by atoms with Gasteiger partial charge < -0.3 is 16.0 Å². The second-order valence-corrected chi connectivity index (χ2v) is 4.33. The van der Waals surface area contributed by atoms with Gasteiger partial charge in [0.2, 0.25) is 5.91 Å². The van der Waals surface area contributed by atoms with Crippen molar-refractivity contribution in [1.82, 2.24) is 10.3 Å². The lowest BCUT2D eigenvalue weighted by atomic mass is 10.1. The molecule has 4 heteroatoms. The van der Waals surface area contributed by atoms with Crippen LogP contribution in [0, 0.1) is 6.92 Å². The van der Waals surface area contributed by atoms with E-state index in [2.05, 4.69) is 10.3 Å². The highest BCUT2D eigenvalue weighted by molar-refractivity contribution is 5.82. The largest absolute Gasteiger partial charge is 0.367 e. The Morgan fingerprint density at radius 3 is 2.67 bits per heavy atom. The average molecular weight is 243 g/mol. The molecule has 0 spiro atoms. The number of nitrogens with one attached hydrogen (secondary N) is 2. The summed E-state index contributed by atoms with van der Waals surface area (Å²) in [5.74, 6) is -0.167. The number of benzene rings is 1. The molecule has 1 aromatic heterocycles. The van der Waals surface area contributed by atoms with Crippen molar-refractivity contribution >= 4 is 5.91 Å². The number of rotatable bonds is 4. The molecule has 4 nitrogen and oxygen atoms in total. The standard InChI is InChI=1S/C14H17N3O/c1-10-2-4-12(5-3-10)13(15)14(18)17-9-11-6-7-16-8-11/h2-8,13,16H,9,15H2,1H3,(H,17,18). The fourth-order valence-corrected chi connectivity index (χ4v) is 1.69. The molecule has 2 rings (SSSR count). The van der Waals surface area contributed by atoms with Gasteiger partial charge in [0.05, 0.1) is 0 Å². The third-order valence-electron chi connectivity index (χ3n) is 2.85. The molecule has 0 fully saturated rings. The van der Waals surface area contributed by atoms with Gasteiger partial charge in [0.1, 0.15) is 6.04 Å². The van der Waals surface area contributed by atoms with E-state index in [0.29, 0.717) is 6.54 Å². The van der Waals surface area contributed by atoms with Crippen LogP contribution in [0.3, 0.4) is 0 Å². The van der Waals surface area contributed by atoms with Crippen molar-refractivity contribution in [3.8, 4) is 0 Å². The minimum Gasteiger partial charge on any atom is -0.367 e. The van der Waals surface area contributed by atoms with E-state index in [0.717, 1.165) is 16.7 Å². The molecular formula is C14H17N3O. The summed E-state index contributed by atoms with van der Waals surface area (Å²) in [6, 6.07) is 8.97. The Labute approximate surface area is 106 Å². The van der Waals surface area contributed by atoms with Crippen LogP contribution in [-0.2, 0) is 11.3 Å². The van der Waals surface area contributed by atoms with E-state index in [4.69, 9.17) is 5.73 Å². The van der Waals surface area contributed by atoms with Crippen molar-refractivity contribution in [3.05, 3.63) is 59.4 Å². The molecule has 0 saturated carbocycles. The summed E-state index contributed by atoms with van der Waals surface area (Å²) in [6.07, 6.45) is 3.67. The molecule has 1 aromatic carbocycles. The number of carbonyl (C=O) groups is 1. The lowest BCUT2D eigenvalue weighted by molar-refractivity contribution is -0.122. The number of amides is 1. The van der Waals surface area contributed by atoms with E-state index in [1.54, 1.807) is 0 Å². The maximum Gasteiger partial charge on any atom is 0.241 e. The molecule has 0 aliphatic carbocycles. The number of carbonyl (C=O) groups excluding carboxylic acids is 1. The van der Waals surface area contributed by atoms with Crippen molar-refractivity contribution in [2.45, 2.75) is 19.5 Å². The maximum atomic E-state index is 11.9. The van der Waals surface area contributed by atoms with E-state index in [9.17, 15) is 4.79 Å². The molecule has 4 N–H and O–H groups in total. The van der Waals surface area contributed by atoms with Gasteiger partial charge in [0.25, 0.3) is 0 Å². The lowest BCUT2D eigenvalue weighted by Gasteiger charge is -2.12. The van der Waals surface area contributed by atoms with Crippen molar-refractivity contribution in [3.63, 3.8) is 0 Å². The zero-order chi connectivity index (χ0) is 13.0. The zero-order valence-electron chi connectivity index (χ0n) is 10.3. The molecule has 0 saturated heterocycles. The number of aromatic nitrogens is 1. The number of aryl methyl sites for hydroxylation is 1. The molecular weight excluding hydrogens is 226 g/mol. The first kappa shape index (κ1) is 12.4. The summed E-state index contributed by atoms with van der Waals surface area (Å²) in [6.45, 7) is 2.49. The SMILES string of the molecule is Cc1ccc(C(N)C(=O)NCc2cc[nH]c2)cc1. The van der Waals surface area contributed by atoms with Crippen LogP contribution in [-0.4, -0.2) is 10.9 Å². The third kappa shape index (κ3) is 2.99. The van der Waals surface area contributed by atoms with Gasteiger partial charge in [-0.05, 0) is 24.1 Å². The van der Waals surface area contributed by atoms with Crippen LogP contribution in [0.5, 0.6) is 0 Å². The van der Waals surface area contributed by atoms with Gasteiger partial charge in [-0.2, -0.15) is 0 Å². The van der Waals surface area contributed by atoms with E-state index in [1.807, 2.05) is 49.6 Å². The highest BCUT2D eigenvalue weighted by Gasteiger charge is 2.14. The van der Waals surface area contributed by atoms with Gasteiger partial charge in [-0.15, -0.1) is 0 Å². The molecule has 1 unspecified atom stereocenters. The van der Waals surface area contributed by atoms with Crippen LogP contribution < -0.4 is 11.1 Å². The summed E-state index contributed by atoms with van der Waals surface area (Å²) in [7, 11) is 0. The molecule has 94 valence electrons. The molecule has 0 aliphatic heterocycles. The minimum atomic E-state index is -0.621. The molecule has 2 aromatic rings. The Bertz CT molecular complexity index is 502. The molecule has 1 amide bonds. The Kier molecular flexibility index (Phi) is 3.79. The van der Waals surface area contributed by atoms with Crippen molar-refractivity contribution in [2.75, 3.05) is 0 Å². The van der Waals surface area contributed by atoms with Crippen molar-refractivity contribution in [2.24, 2.45) is 5.73 Å². The Balaban J connectivity index is 1.94. The quantitative estimate of drug-likeness (QED) is 0.764. The van der Waals surface area contributed by atoms with Gasteiger partial charge >= 0.3 is 0 Å². The maximum absolute atomic E-state index is 11.9. The van der Waals surface area contributed by atoms with Gasteiger partial charge in [0, 0.05) is 18.9 Å². The van der Waals surface area contributed by atoms with Gasteiger partial charge in [-0.25, -0.2) is 0 Å². The normalized spacial score (nSPS) is 12.1. The van der Waals surface area contributed by atoms with Crippen LogP contribution in [0.4, 0.5) is 0 Å². The second kappa shape index (κ2) is 5.51. The molecule has 0 aliphatic rings. The summed E-state index contributed by atoms with van der Waals surface area (Å²) >= 11 is 0. The van der Waals surface area contributed by atoms with E-state index in [1.165, 1.54) is 0 Å². The van der Waals surface area contributed by atoms with E-state index >= 15 is 0 Å². The zero-order valence-corrected chi connectivity index (χ0v) is 10.3. The molecule has 0 bridgehead atoms. The lowest BCUT2D eigenvalue weighted by Crippen LogP contribution is -2.33. The second-order valence-electron chi connectivity index (χ2n) is 4.33. The number of aromatic amines is 1. The van der Waals surface area contributed by atoms with E-state index in [-0.39, 0.29) is 5.91 Å². The smallest absolute Gasteiger partial charge is 0.241 e. The highest BCUT2D eigenvalue weighted by Crippen LogP contribution is 2.11. The highest BCUT2D eigenvalue weighted by atomic mass is 16.2. The Morgan fingerprint density at radius 1 is 1.33 bits per heavy atom. The topological polar surface area (TPSA) is 70.9 Å². The monoisotopic (exact) mass is 243 g/mol. The number of nitrogens with two attached hydrogens (primary N) is 1. The fourth-order valence-electron chi connectivity index (χ4n) is 1.69. The molecule has 1 heterocycles. The summed E-state index contributed by atoms with van der Waals surface area (Å²) in [4.78, 5) is 14.8. The summed E-state index contributed by atoms with van der Waals surface area (Å²) < 4.78 is 0. The number of hydrogen-bond donors (Lipinski definition) is 3. The van der Waals surface area contributed by atoms with Gasteiger partial charge in [-0.1, -0.05) is 29.8 Å². The van der Waals surface area contributed by atoms with Crippen LogP contribution >= 0.6 is 0 Å². The first-order valence-electron chi connectivity index (χ1n) is 5.88. The number of hydrogen-bond acceptors (Lipinski definition) is 2. The summed E-state index contributed by atoms with van der Waals surface area (Å²) in [5, 5.41) is 2.81. The van der Waals surface area contributed by atoms with Crippen molar-refractivity contribution in [1.29, 1.82) is 0 Å². The fraction of sp³-hybridized carbons (Fsp3) is 0.214. The van der Waals surface area contributed by atoms with Gasteiger partial charge in [0.15, 0.2) is 0 Å². The minimum absolute atomic E-state index is 0.167. The van der Waals surface area contributed by atoms with Crippen molar-refractivity contribution < 1.29 is 4.79 Å². The van der Waals surface area contributed by atoms with E-state index < -0.39 is 6.04 Å². The first-order valence-corrected chi connectivity index (χ1v) is 5.88. The molecule has 1 atom stereocenters. The Morgan fingerprint density at radius 2 is 2.06 bits per heavy atom. The summed E-state index contributed by atoms with van der Waals surface area (Å²) in [5.41, 5.74) is 8.91. The Hall–Kier alpha value is -2.07.